The maximum atomic E-state index is 10.1. The fourth-order valence-electron chi connectivity index (χ4n) is 0.463. The summed E-state index contributed by atoms with van der Waals surface area (Å²) in [7, 11) is 0. The lowest BCUT2D eigenvalue weighted by atomic mass is 10.4. The van der Waals surface area contributed by atoms with E-state index in [1.807, 2.05) is 0 Å². The van der Waals surface area contributed by atoms with Crippen LogP contribution in [-0.4, -0.2) is 36.6 Å². The quantitative estimate of drug-likeness (QED) is 0.485. The number of amides is 2. The maximum Gasteiger partial charge on any atom is 0.404 e. The van der Waals surface area contributed by atoms with Crippen molar-refractivity contribution in [2.75, 3.05) is 13.2 Å². The van der Waals surface area contributed by atoms with E-state index in [2.05, 4.69) is 20.9 Å². The molecule has 2 amide bonds. The van der Waals surface area contributed by atoms with Crippen LogP contribution in [0.2, 0.25) is 0 Å². The van der Waals surface area contributed by atoms with E-state index >= 15 is 0 Å². The molecule has 0 radical (unpaired) electrons. The molecule has 0 rings (SSSR count). The normalized spacial score (nSPS) is 11.8. The number of ether oxygens (including phenoxy) is 2. The van der Waals surface area contributed by atoms with Crippen LogP contribution in [0.3, 0.4) is 0 Å². The van der Waals surface area contributed by atoms with Crippen molar-refractivity contribution in [3.8, 4) is 0 Å². The molecule has 7 nitrogen and oxygen atoms in total. The Morgan fingerprint density at radius 3 is 2.25 bits per heavy atom. The minimum absolute atomic E-state index is 0.311. The van der Waals surface area contributed by atoms with Crippen molar-refractivity contribution in [3.05, 3.63) is 0 Å². The SMILES string of the molecule is NC(=O)OCC(CO)OC(N)=O. The highest BCUT2D eigenvalue weighted by molar-refractivity contribution is 5.65. The van der Waals surface area contributed by atoms with E-state index in [4.69, 9.17) is 5.11 Å². The van der Waals surface area contributed by atoms with Crippen LogP contribution < -0.4 is 11.5 Å². The second-order valence-electron chi connectivity index (χ2n) is 1.87. The number of nitrogens with two attached hydrogens (primary N) is 2. The molecule has 0 bridgehead atoms. The van der Waals surface area contributed by atoms with Gasteiger partial charge >= 0.3 is 12.2 Å². The summed E-state index contributed by atoms with van der Waals surface area (Å²) in [5, 5.41) is 8.52. The molecule has 7 heteroatoms. The van der Waals surface area contributed by atoms with Crippen LogP contribution in [0.25, 0.3) is 0 Å². The van der Waals surface area contributed by atoms with E-state index in [-0.39, 0.29) is 6.61 Å². The monoisotopic (exact) mass is 178 g/mol. The number of carbonyl (C=O) groups is 2. The van der Waals surface area contributed by atoms with Crippen molar-refractivity contribution in [2.45, 2.75) is 6.10 Å². The Morgan fingerprint density at radius 1 is 1.33 bits per heavy atom. The van der Waals surface area contributed by atoms with Gasteiger partial charge in [0.2, 0.25) is 0 Å². The summed E-state index contributed by atoms with van der Waals surface area (Å²) in [5.41, 5.74) is 9.24. The van der Waals surface area contributed by atoms with E-state index in [1.165, 1.54) is 0 Å². The smallest absolute Gasteiger partial charge is 0.404 e. The van der Waals surface area contributed by atoms with Crippen LogP contribution in [0.1, 0.15) is 0 Å². The molecule has 70 valence electrons. The molecule has 0 fully saturated rings. The molecule has 0 heterocycles. The van der Waals surface area contributed by atoms with Gasteiger partial charge in [0.15, 0.2) is 6.10 Å². The Kier molecular flexibility index (Phi) is 4.54. The highest BCUT2D eigenvalue weighted by Gasteiger charge is 2.12. The van der Waals surface area contributed by atoms with Gasteiger partial charge in [-0.05, 0) is 0 Å². The first-order valence-corrected chi connectivity index (χ1v) is 3.05. The standard InChI is InChI=1S/C5H10N2O5/c6-4(9)11-2-3(1-8)12-5(7)10/h3,8H,1-2H2,(H2,6,9)(H2,7,10). The summed E-state index contributed by atoms with van der Waals surface area (Å²) in [4.78, 5) is 20.2. The minimum Gasteiger partial charge on any atom is -0.446 e. The molecular formula is C5H10N2O5. The molecule has 0 aromatic heterocycles. The molecule has 0 aliphatic heterocycles. The average Bonchev–Trinajstić information content (AvgIpc) is 1.97. The van der Waals surface area contributed by atoms with Crippen LogP contribution >= 0.6 is 0 Å². The third kappa shape index (κ3) is 5.30. The highest BCUT2D eigenvalue weighted by Crippen LogP contribution is 1.91. The van der Waals surface area contributed by atoms with Gasteiger partial charge in [-0.1, -0.05) is 0 Å². The van der Waals surface area contributed by atoms with Gasteiger partial charge in [0, 0.05) is 0 Å². The van der Waals surface area contributed by atoms with Gasteiger partial charge in [0.1, 0.15) is 6.61 Å². The first-order valence-electron chi connectivity index (χ1n) is 3.05. The van der Waals surface area contributed by atoms with Gasteiger partial charge in [-0.3, -0.25) is 0 Å². The highest BCUT2D eigenvalue weighted by atomic mass is 16.6. The van der Waals surface area contributed by atoms with Crippen LogP contribution in [-0.2, 0) is 9.47 Å². The summed E-state index contributed by atoms with van der Waals surface area (Å²) >= 11 is 0. The Morgan fingerprint density at radius 2 is 1.92 bits per heavy atom. The molecule has 1 atom stereocenters. The molecule has 0 aliphatic rings. The van der Waals surface area contributed by atoms with Crippen molar-refractivity contribution >= 4 is 12.2 Å². The molecule has 0 saturated heterocycles. The zero-order chi connectivity index (χ0) is 9.56. The van der Waals surface area contributed by atoms with Crippen molar-refractivity contribution in [1.82, 2.24) is 0 Å². The number of hydrogen-bond donors (Lipinski definition) is 3. The molecule has 0 aromatic carbocycles. The van der Waals surface area contributed by atoms with Gasteiger partial charge in [-0.25, -0.2) is 9.59 Å². The molecule has 0 aromatic rings. The number of aliphatic hydroxyl groups is 1. The van der Waals surface area contributed by atoms with Crippen LogP contribution in [0.15, 0.2) is 0 Å². The summed E-state index contributed by atoms with van der Waals surface area (Å²) < 4.78 is 8.55. The molecule has 1 unspecified atom stereocenters. The van der Waals surface area contributed by atoms with E-state index in [0.717, 1.165) is 0 Å². The van der Waals surface area contributed by atoms with Crippen molar-refractivity contribution < 1.29 is 24.2 Å². The van der Waals surface area contributed by atoms with E-state index in [1.54, 1.807) is 0 Å². The van der Waals surface area contributed by atoms with Gasteiger partial charge in [0.25, 0.3) is 0 Å². The summed E-state index contributed by atoms with van der Waals surface area (Å²) in [5.74, 6) is 0. The predicted octanol–water partition coefficient (Wildman–Crippen LogP) is -1.46. The average molecular weight is 178 g/mol. The molecule has 12 heavy (non-hydrogen) atoms. The zero-order valence-electron chi connectivity index (χ0n) is 6.23. The zero-order valence-corrected chi connectivity index (χ0v) is 6.23. The first-order chi connectivity index (χ1) is 5.56. The van der Waals surface area contributed by atoms with Crippen LogP contribution in [0.5, 0.6) is 0 Å². The molecule has 0 saturated carbocycles. The summed E-state index contributed by atoms with van der Waals surface area (Å²) in [6, 6.07) is 0. The summed E-state index contributed by atoms with van der Waals surface area (Å²) in [6.45, 7) is -0.801. The lowest BCUT2D eigenvalue weighted by Crippen LogP contribution is -2.31. The number of primary amides is 2. The van der Waals surface area contributed by atoms with E-state index < -0.39 is 24.9 Å². The Hall–Kier alpha value is -1.50. The molecule has 0 spiro atoms. The fraction of sp³-hybridized carbons (Fsp3) is 0.600. The summed E-state index contributed by atoms with van der Waals surface area (Å²) in [6.07, 6.45) is -3.03. The molecule has 0 aliphatic carbocycles. The van der Waals surface area contributed by atoms with Gasteiger partial charge in [0.05, 0.1) is 6.61 Å². The third-order valence-corrected chi connectivity index (χ3v) is 0.898. The fourth-order valence-corrected chi connectivity index (χ4v) is 0.463. The maximum absolute atomic E-state index is 10.1. The Bertz CT molecular complexity index is 171. The van der Waals surface area contributed by atoms with E-state index in [0.29, 0.717) is 0 Å². The van der Waals surface area contributed by atoms with Gasteiger partial charge in [-0.2, -0.15) is 0 Å². The lowest BCUT2D eigenvalue weighted by molar-refractivity contribution is 0.0198. The van der Waals surface area contributed by atoms with Crippen molar-refractivity contribution in [3.63, 3.8) is 0 Å². The van der Waals surface area contributed by atoms with E-state index in [9.17, 15) is 9.59 Å². The molecule has 5 N–H and O–H groups in total. The number of hydrogen-bond acceptors (Lipinski definition) is 5. The van der Waals surface area contributed by atoms with Crippen molar-refractivity contribution in [1.29, 1.82) is 0 Å². The van der Waals surface area contributed by atoms with Crippen molar-refractivity contribution in [2.24, 2.45) is 11.5 Å². The Labute approximate surface area is 68.2 Å². The second kappa shape index (κ2) is 5.19. The van der Waals surface area contributed by atoms with Crippen LogP contribution in [0.4, 0.5) is 9.59 Å². The van der Waals surface area contributed by atoms with Gasteiger partial charge in [-0.15, -0.1) is 0 Å². The Balaban J connectivity index is 3.67. The largest absolute Gasteiger partial charge is 0.446 e. The third-order valence-electron chi connectivity index (χ3n) is 0.898. The number of rotatable bonds is 4. The number of aliphatic hydroxyl groups excluding tert-OH is 1. The lowest BCUT2D eigenvalue weighted by Gasteiger charge is -2.12. The predicted molar refractivity (Wildman–Crippen MR) is 37.1 cm³/mol. The first kappa shape index (κ1) is 10.5. The van der Waals surface area contributed by atoms with Gasteiger partial charge < -0.3 is 26.0 Å². The topological polar surface area (TPSA) is 125 Å². The number of carbonyl (C=O) groups excluding carboxylic acids is 2. The minimum atomic E-state index is -1.05. The molecular weight excluding hydrogens is 168 g/mol. The van der Waals surface area contributed by atoms with Crippen LogP contribution in [0, 0.1) is 0 Å². The second-order valence-corrected chi connectivity index (χ2v) is 1.87.